The summed E-state index contributed by atoms with van der Waals surface area (Å²) < 4.78 is 34.4. The Morgan fingerprint density at radius 3 is 2.72 bits per heavy atom. The van der Waals surface area contributed by atoms with Crippen LogP contribution in [0.4, 0.5) is 8.78 Å². The lowest BCUT2D eigenvalue weighted by molar-refractivity contribution is 0.399. The number of nitrogens with zero attached hydrogens (tertiary/aromatic N) is 3. The quantitative estimate of drug-likeness (QED) is 0.745. The number of halogens is 2. The van der Waals surface area contributed by atoms with Gasteiger partial charge in [0.1, 0.15) is 35.7 Å². The SMILES string of the molecule is COc1ccc(F)cc1[C@H](C)NCc1ccc(-n2cncn2)c(F)c1. The van der Waals surface area contributed by atoms with Gasteiger partial charge in [0, 0.05) is 18.2 Å². The van der Waals surface area contributed by atoms with E-state index < -0.39 is 0 Å². The van der Waals surface area contributed by atoms with Crippen molar-refractivity contribution in [1.29, 1.82) is 0 Å². The molecule has 0 radical (unpaired) electrons. The third-order valence-corrected chi connectivity index (χ3v) is 3.95. The van der Waals surface area contributed by atoms with Gasteiger partial charge in [0.2, 0.25) is 0 Å². The average molecular weight is 344 g/mol. The molecule has 0 amide bonds. The summed E-state index contributed by atoms with van der Waals surface area (Å²) in [6.45, 7) is 2.33. The van der Waals surface area contributed by atoms with Crippen LogP contribution >= 0.6 is 0 Å². The molecule has 3 aromatic rings. The molecule has 0 aliphatic heterocycles. The van der Waals surface area contributed by atoms with Gasteiger partial charge >= 0.3 is 0 Å². The van der Waals surface area contributed by atoms with Crippen molar-refractivity contribution < 1.29 is 13.5 Å². The highest BCUT2D eigenvalue weighted by Crippen LogP contribution is 2.26. The molecule has 0 saturated heterocycles. The first kappa shape index (κ1) is 17.0. The average Bonchev–Trinajstić information content (AvgIpc) is 3.14. The lowest BCUT2D eigenvalue weighted by Crippen LogP contribution is -2.19. The minimum atomic E-state index is -0.388. The maximum absolute atomic E-state index is 14.2. The summed E-state index contributed by atoms with van der Waals surface area (Å²) in [7, 11) is 1.54. The molecule has 0 unspecified atom stereocenters. The molecule has 1 N–H and O–H groups in total. The monoisotopic (exact) mass is 344 g/mol. The van der Waals surface area contributed by atoms with Crippen LogP contribution in [-0.4, -0.2) is 21.9 Å². The molecule has 0 fully saturated rings. The van der Waals surface area contributed by atoms with E-state index >= 15 is 0 Å². The third-order valence-electron chi connectivity index (χ3n) is 3.95. The Bertz CT molecular complexity index is 852. The molecule has 0 spiro atoms. The van der Waals surface area contributed by atoms with E-state index in [0.717, 1.165) is 5.56 Å². The molecule has 1 heterocycles. The number of rotatable bonds is 6. The largest absolute Gasteiger partial charge is 0.496 e. The second kappa shape index (κ2) is 7.40. The van der Waals surface area contributed by atoms with Gasteiger partial charge in [-0.2, -0.15) is 5.10 Å². The fourth-order valence-corrected chi connectivity index (χ4v) is 2.60. The highest BCUT2D eigenvalue weighted by atomic mass is 19.1. The van der Waals surface area contributed by atoms with E-state index in [0.29, 0.717) is 23.5 Å². The number of benzene rings is 2. The van der Waals surface area contributed by atoms with Gasteiger partial charge < -0.3 is 10.1 Å². The first-order valence-corrected chi connectivity index (χ1v) is 7.78. The Hall–Kier alpha value is -2.80. The van der Waals surface area contributed by atoms with Gasteiger partial charge in [-0.25, -0.2) is 18.4 Å². The smallest absolute Gasteiger partial charge is 0.149 e. The van der Waals surface area contributed by atoms with Crippen LogP contribution in [0.1, 0.15) is 24.1 Å². The van der Waals surface area contributed by atoms with Gasteiger partial charge in [-0.1, -0.05) is 6.07 Å². The zero-order valence-corrected chi connectivity index (χ0v) is 13.9. The van der Waals surface area contributed by atoms with Crippen LogP contribution in [-0.2, 0) is 6.54 Å². The zero-order chi connectivity index (χ0) is 17.8. The molecule has 1 aromatic heterocycles. The standard InChI is InChI=1S/C18H18F2N4O/c1-12(15-8-14(19)4-6-18(15)25-2)22-9-13-3-5-17(16(20)7-13)24-11-21-10-23-24/h3-8,10-12,22H,9H2,1-2H3/t12-/m0/s1. The fourth-order valence-electron chi connectivity index (χ4n) is 2.60. The molecule has 1 atom stereocenters. The summed E-state index contributed by atoms with van der Waals surface area (Å²) in [5.74, 6) is -0.109. The van der Waals surface area contributed by atoms with E-state index in [1.54, 1.807) is 19.2 Å². The molecule has 0 aliphatic carbocycles. The highest BCUT2D eigenvalue weighted by molar-refractivity contribution is 5.37. The Morgan fingerprint density at radius 1 is 1.20 bits per heavy atom. The molecular weight excluding hydrogens is 326 g/mol. The van der Waals surface area contributed by atoms with E-state index in [2.05, 4.69) is 15.4 Å². The van der Waals surface area contributed by atoms with Gasteiger partial charge in [-0.15, -0.1) is 0 Å². The van der Waals surface area contributed by atoms with Crippen molar-refractivity contribution in [2.45, 2.75) is 19.5 Å². The summed E-state index contributed by atoms with van der Waals surface area (Å²) in [5, 5.41) is 7.17. The highest BCUT2D eigenvalue weighted by Gasteiger charge is 2.13. The lowest BCUT2D eigenvalue weighted by atomic mass is 10.1. The molecular formula is C18H18F2N4O. The maximum Gasteiger partial charge on any atom is 0.149 e. The Balaban J connectivity index is 1.71. The second-order valence-corrected chi connectivity index (χ2v) is 5.61. The van der Waals surface area contributed by atoms with Gasteiger partial charge in [0.15, 0.2) is 0 Å². The van der Waals surface area contributed by atoms with Crippen LogP contribution in [0.25, 0.3) is 5.69 Å². The summed E-state index contributed by atoms with van der Waals surface area (Å²) in [5.41, 5.74) is 1.81. The van der Waals surface area contributed by atoms with Crippen LogP contribution in [0, 0.1) is 11.6 Å². The molecule has 0 aliphatic rings. The number of ether oxygens (including phenoxy) is 1. The third kappa shape index (κ3) is 3.83. The van der Waals surface area contributed by atoms with Crippen LogP contribution in [0.2, 0.25) is 0 Å². The van der Waals surface area contributed by atoms with Crippen LogP contribution in [0.5, 0.6) is 5.75 Å². The van der Waals surface area contributed by atoms with Crippen molar-refractivity contribution in [3.05, 3.63) is 71.8 Å². The van der Waals surface area contributed by atoms with Gasteiger partial charge in [-0.05, 0) is 42.8 Å². The summed E-state index contributed by atoms with van der Waals surface area (Å²) in [4.78, 5) is 3.81. The zero-order valence-electron chi connectivity index (χ0n) is 13.9. The lowest BCUT2D eigenvalue weighted by Gasteiger charge is -2.17. The Kier molecular flexibility index (Phi) is 5.04. The number of nitrogens with one attached hydrogen (secondary N) is 1. The van der Waals surface area contributed by atoms with Crippen molar-refractivity contribution >= 4 is 0 Å². The molecule has 3 rings (SSSR count). The molecule has 130 valence electrons. The minimum Gasteiger partial charge on any atom is -0.496 e. The summed E-state index contributed by atoms with van der Waals surface area (Å²) in [6.07, 6.45) is 2.79. The van der Waals surface area contributed by atoms with Gasteiger partial charge in [0.05, 0.1) is 7.11 Å². The molecule has 25 heavy (non-hydrogen) atoms. The van der Waals surface area contributed by atoms with E-state index in [1.165, 1.54) is 35.5 Å². The van der Waals surface area contributed by atoms with Gasteiger partial charge in [-0.3, -0.25) is 0 Å². The van der Waals surface area contributed by atoms with Crippen molar-refractivity contribution in [2.24, 2.45) is 0 Å². The van der Waals surface area contributed by atoms with E-state index in [1.807, 2.05) is 13.0 Å². The van der Waals surface area contributed by atoms with E-state index in [9.17, 15) is 8.78 Å². The van der Waals surface area contributed by atoms with Crippen molar-refractivity contribution in [2.75, 3.05) is 7.11 Å². The number of hydrogen-bond donors (Lipinski definition) is 1. The minimum absolute atomic E-state index is 0.163. The number of aromatic nitrogens is 3. The summed E-state index contributed by atoms with van der Waals surface area (Å²) >= 11 is 0. The summed E-state index contributed by atoms with van der Waals surface area (Å²) in [6, 6.07) is 9.12. The molecule has 2 aromatic carbocycles. The van der Waals surface area contributed by atoms with E-state index in [4.69, 9.17) is 4.74 Å². The Labute approximate surface area is 144 Å². The molecule has 0 bridgehead atoms. The topological polar surface area (TPSA) is 52.0 Å². The van der Waals surface area contributed by atoms with Crippen LogP contribution < -0.4 is 10.1 Å². The van der Waals surface area contributed by atoms with Crippen molar-refractivity contribution in [3.63, 3.8) is 0 Å². The van der Waals surface area contributed by atoms with Crippen molar-refractivity contribution in [3.8, 4) is 11.4 Å². The second-order valence-electron chi connectivity index (χ2n) is 5.61. The van der Waals surface area contributed by atoms with Crippen LogP contribution in [0.3, 0.4) is 0 Å². The maximum atomic E-state index is 14.2. The number of hydrogen-bond acceptors (Lipinski definition) is 4. The molecule has 5 nitrogen and oxygen atoms in total. The molecule has 0 saturated carbocycles. The van der Waals surface area contributed by atoms with Crippen molar-refractivity contribution in [1.82, 2.24) is 20.1 Å². The van der Waals surface area contributed by atoms with E-state index in [-0.39, 0.29) is 17.7 Å². The predicted molar refractivity (Wildman–Crippen MR) is 89.5 cm³/mol. The molecule has 7 heteroatoms. The van der Waals surface area contributed by atoms with Gasteiger partial charge in [0.25, 0.3) is 0 Å². The normalized spacial score (nSPS) is 12.2. The predicted octanol–water partition coefficient (Wildman–Crippen LogP) is 3.40. The first-order chi connectivity index (χ1) is 12.1. The number of methoxy groups -OCH3 is 1. The van der Waals surface area contributed by atoms with Crippen LogP contribution in [0.15, 0.2) is 49.1 Å². The fraction of sp³-hybridized carbons (Fsp3) is 0.222. The first-order valence-electron chi connectivity index (χ1n) is 7.78. The Morgan fingerprint density at radius 2 is 2.04 bits per heavy atom.